The molecule has 4 rings (SSSR count). The van der Waals surface area contributed by atoms with Gasteiger partial charge in [0.2, 0.25) is 5.91 Å². The van der Waals surface area contributed by atoms with E-state index in [4.69, 9.17) is 0 Å². The van der Waals surface area contributed by atoms with E-state index in [1.165, 1.54) is 0 Å². The SMILES string of the molecule is CC1CCC(N(C)C(=O)CN2C(=O)N[C@]3(CCCc4ccccc43)C2=O)CC1. The Bertz CT molecular complexity index is 800. The summed E-state index contributed by atoms with van der Waals surface area (Å²) >= 11 is 0. The maximum absolute atomic E-state index is 13.3. The number of hydrogen-bond acceptors (Lipinski definition) is 3. The molecule has 1 spiro atoms. The molecule has 1 aliphatic heterocycles. The number of nitrogens with zero attached hydrogens (tertiary/aromatic N) is 2. The second-order valence-electron chi connectivity index (χ2n) is 8.66. The van der Waals surface area contributed by atoms with Gasteiger partial charge in [0.05, 0.1) is 0 Å². The summed E-state index contributed by atoms with van der Waals surface area (Å²) in [5.74, 6) is 0.254. The zero-order chi connectivity index (χ0) is 19.9. The van der Waals surface area contributed by atoms with Gasteiger partial charge in [-0.25, -0.2) is 4.79 Å². The van der Waals surface area contributed by atoms with E-state index in [0.29, 0.717) is 12.3 Å². The molecule has 0 aromatic heterocycles. The number of aryl methyl sites for hydroxylation is 1. The van der Waals surface area contributed by atoms with Crippen molar-refractivity contribution in [1.82, 2.24) is 15.1 Å². The maximum Gasteiger partial charge on any atom is 0.325 e. The van der Waals surface area contributed by atoms with E-state index in [9.17, 15) is 14.4 Å². The number of rotatable bonds is 3. The van der Waals surface area contributed by atoms with E-state index in [2.05, 4.69) is 12.2 Å². The average molecular weight is 383 g/mol. The molecule has 150 valence electrons. The quantitative estimate of drug-likeness (QED) is 0.816. The summed E-state index contributed by atoms with van der Waals surface area (Å²) in [6, 6.07) is 7.54. The molecule has 4 amide bonds. The first-order valence-corrected chi connectivity index (χ1v) is 10.4. The normalized spacial score (nSPS) is 29.6. The van der Waals surface area contributed by atoms with Crippen molar-refractivity contribution in [2.24, 2.45) is 5.92 Å². The van der Waals surface area contributed by atoms with Crippen molar-refractivity contribution in [2.45, 2.75) is 63.5 Å². The number of carbonyl (C=O) groups excluding carboxylic acids is 3. The van der Waals surface area contributed by atoms with Gasteiger partial charge in [0.25, 0.3) is 5.91 Å². The van der Waals surface area contributed by atoms with E-state index >= 15 is 0 Å². The molecule has 28 heavy (non-hydrogen) atoms. The molecular weight excluding hydrogens is 354 g/mol. The van der Waals surface area contributed by atoms with E-state index in [-0.39, 0.29) is 24.4 Å². The first kappa shape index (κ1) is 19.0. The van der Waals surface area contributed by atoms with Gasteiger partial charge in [-0.2, -0.15) is 0 Å². The highest BCUT2D eigenvalue weighted by Gasteiger charge is 2.54. The summed E-state index contributed by atoms with van der Waals surface area (Å²) in [6.45, 7) is 2.06. The molecule has 1 saturated carbocycles. The topological polar surface area (TPSA) is 69.7 Å². The van der Waals surface area contributed by atoms with Crippen molar-refractivity contribution in [2.75, 3.05) is 13.6 Å². The van der Waals surface area contributed by atoms with Crippen LogP contribution < -0.4 is 5.32 Å². The van der Waals surface area contributed by atoms with E-state index < -0.39 is 11.6 Å². The number of nitrogens with one attached hydrogen (secondary N) is 1. The molecule has 1 saturated heterocycles. The summed E-state index contributed by atoms with van der Waals surface area (Å²) in [7, 11) is 1.80. The molecule has 0 bridgehead atoms. The van der Waals surface area contributed by atoms with Crippen LogP contribution in [0.25, 0.3) is 0 Å². The molecule has 2 fully saturated rings. The Morgan fingerprint density at radius 3 is 2.68 bits per heavy atom. The van der Waals surface area contributed by atoms with Crippen LogP contribution in [0, 0.1) is 5.92 Å². The maximum atomic E-state index is 13.3. The Kier molecular flexibility index (Phi) is 4.89. The van der Waals surface area contributed by atoms with E-state index in [0.717, 1.165) is 54.6 Å². The summed E-state index contributed by atoms with van der Waals surface area (Å²) in [5, 5.41) is 2.92. The molecule has 1 N–H and O–H groups in total. The third kappa shape index (κ3) is 3.09. The molecule has 1 heterocycles. The minimum atomic E-state index is -1.01. The number of urea groups is 1. The summed E-state index contributed by atoms with van der Waals surface area (Å²) < 4.78 is 0. The molecule has 3 aliphatic rings. The molecule has 1 aromatic rings. The van der Waals surface area contributed by atoms with Gasteiger partial charge < -0.3 is 10.2 Å². The number of carbonyl (C=O) groups is 3. The predicted octanol–water partition coefficient (Wildman–Crippen LogP) is 2.81. The number of imide groups is 1. The third-order valence-corrected chi connectivity index (χ3v) is 6.87. The third-order valence-electron chi connectivity index (χ3n) is 6.87. The monoisotopic (exact) mass is 383 g/mol. The lowest BCUT2D eigenvalue weighted by molar-refractivity contribution is -0.140. The Labute approximate surface area is 166 Å². The van der Waals surface area contributed by atoms with Crippen molar-refractivity contribution in [3.8, 4) is 0 Å². The van der Waals surface area contributed by atoms with Gasteiger partial charge in [-0.15, -0.1) is 0 Å². The summed E-state index contributed by atoms with van der Waals surface area (Å²) in [5.41, 5.74) is 0.971. The van der Waals surface area contributed by atoms with Crippen LogP contribution in [-0.2, 0) is 21.5 Å². The zero-order valence-electron chi connectivity index (χ0n) is 16.7. The van der Waals surface area contributed by atoms with Crippen molar-refractivity contribution < 1.29 is 14.4 Å². The Balaban J connectivity index is 1.50. The molecule has 2 aliphatic carbocycles. The number of fused-ring (bicyclic) bond motifs is 2. The van der Waals surface area contributed by atoms with Crippen molar-refractivity contribution in [1.29, 1.82) is 0 Å². The number of hydrogen-bond donors (Lipinski definition) is 1. The lowest BCUT2D eigenvalue weighted by atomic mass is 9.76. The average Bonchev–Trinajstić information content (AvgIpc) is 2.93. The van der Waals surface area contributed by atoms with Gasteiger partial charge in [0, 0.05) is 13.1 Å². The number of benzene rings is 1. The predicted molar refractivity (Wildman–Crippen MR) is 105 cm³/mol. The van der Waals surface area contributed by atoms with Crippen molar-refractivity contribution in [3.05, 3.63) is 35.4 Å². The molecule has 0 radical (unpaired) electrons. The van der Waals surface area contributed by atoms with Gasteiger partial charge in [-0.1, -0.05) is 31.2 Å². The van der Waals surface area contributed by atoms with Gasteiger partial charge in [-0.05, 0) is 62.0 Å². The summed E-state index contributed by atoms with van der Waals surface area (Å²) in [6.07, 6.45) is 6.53. The van der Waals surface area contributed by atoms with Crippen molar-refractivity contribution in [3.63, 3.8) is 0 Å². The molecule has 0 unspecified atom stereocenters. The fourth-order valence-corrected chi connectivity index (χ4v) is 5.04. The van der Waals surface area contributed by atoms with Crippen LogP contribution in [0.5, 0.6) is 0 Å². The highest BCUT2D eigenvalue weighted by atomic mass is 16.2. The van der Waals surface area contributed by atoms with Crippen LogP contribution in [0.15, 0.2) is 24.3 Å². The first-order valence-electron chi connectivity index (χ1n) is 10.4. The molecular formula is C22H29N3O3. The lowest BCUT2D eigenvalue weighted by Gasteiger charge is -2.35. The standard InChI is InChI=1S/C22H29N3O3/c1-15-9-11-17(12-10-15)24(2)19(26)14-25-20(27)22(23-21(25)28)13-5-7-16-6-3-4-8-18(16)22/h3-4,6,8,15,17H,5,7,9-14H2,1-2H3,(H,23,28)/t15?,17?,22-/m0/s1. The Morgan fingerprint density at radius 1 is 1.21 bits per heavy atom. The van der Waals surface area contributed by atoms with Gasteiger partial charge in [0.15, 0.2) is 0 Å². The van der Waals surface area contributed by atoms with Gasteiger partial charge >= 0.3 is 6.03 Å². The minimum Gasteiger partial charge on any atom is -0.341 e. The highest BCUT2D eigenvalue weighted by molar-refractivity contribution is 6.09. The molecule has 1 aromatic carbocycles. The highest BCUT2D eigenvalue weighted by Crippen LogP contribution is 2.39. The van der Waals surface area contributed by atoms with Crippen LogP contribution >= 0.6 is 0 Å². The number of amides is 4. The van der Waals surface area contributed by atoms with E-state index in [1.54, 1.807) is 11.9 Å². The summed E-state index contributed by atoms with van der Waals surface area (Å²) in [4.78, 5) is 41.7. The Morgan fingerprint density at radius 2 is 1.93 bits per heavy atom. The van der Waals surface area contributed by atoms with Crippen molar-refractivity contribution >= 4 is 17.8 Å². The second-order valence-corrected chi connectivity index (χ2v) is 8.66. The lowest BCUT2D eigenvalue weighted by Crippen LogP contribution is -2.48. The minimum absolute atomic E-state index is 0.163. The van der Waals surface area contributed by atoms with Crippen LogP contribution in [0.2, 0.25) is 0 Å². The fourth-order valence-electron chi connectivity index (χ4n) is 5.04. The molecule has 1 atom stereocenters. The van der Waals surface area contributed by atoms with Gasteiger partial charge in [0.1, 0.15) is 12.1 Å². The van der Waals surface area contributed by atoms with Crippen LogP contribution in [0.3, 0.4) is 0 Å². The zero-order valence-corrected chi connectivity index (χ0v) is 16.7. The van der Waals surface area contributed by atoms with Crippen LogP contribution in [-0.4, -0.2) is 47.3 Å². The van der Waals surface area contributed by atoms with Gasteiger partial charge in [-0.3, -0.25) is 14.5 Å². The van der Waals surface area contributed by atoms with E-state index in [1.807, 2.05) is 24.3 Å². The smallest absolute Gasteiger partial charge is 0.325 e. The number of likely N-dealkylation sites (N-methyl/N-ethyl adjacent to an activating group) is 1. The van der Waals surface area contributed by atoms with Crippen LogP contribution in [0.4, 0.5) is 4.79 Å². The largest absolute Gasteiger partial charge is 0.341 e. The van der Waals surface area contributed by atoms with Crippen LogP contribution in [0.1, 0.15) is 56.6 Å². The fraction of sp³-hybridized carbons (Fsp3) is 0.591. The Hall–Kier alpha value is -2.37. The first-order chi connectivity index (χ1) is 13.4. The molecule has 6 nitrogen and oxygen atoms in total. The second kappa shape index (κ2) is 7.22. The molecule has 6 heteroatoms.